The molecule has 0 bridgehead atoms. The average molecular weight is 321 g/mol. The number of aryl methyl sites for hydroxylation is 1. The molecule has 2 aliphatic rings. The minimum Gasteiger partial charge on any atom is -0.328 e. The number of hydrogen-bond acceptors (Lipinski definition) is 4. The second-order valence-electron chi connectivity index (χ2n) is 5.54. The summed E-state index contributed by atoms with van der Waals surface area (Å²) < 4.78 is 28.7. The van der Waals surface area contributed by atoms with Gasteiger partial charge in [0.1, 0.15) is 5.82 Å². The summed E-state index contributed by atoms with van der Waals surface area (Å²) >= 11 is 0. The molecular weight excluding hydrogens is 300 g/mol. The highest BCUT2D eigenvalue weighted by molar-refractivity contribution is 7.89. The van der Waals surface area contributed by atoms with Crippen molar-refractivity contribution in [1.82, 2.24) is 13.9 Å². The molecule has 2 unspecified atom stereocenters. The molecule has 3 heterocycles. The van der Waals surface area contributed by atoms with Crippen LogP contribution in [0.2, 0.25) is 0 Å². The molecule has 0 aliphatic carbocycles. The summed E-state index contributed by atoms with van der Waals surface area (Å²) in [6.07, 6.45) is 4.20. The van der Waals surface area contributed by atoms with Crippen LogP contribution in [0.5, 0.6) is 0 Å². The van der Waals surface area contributed by atoms with Crippen LogP contribution >= 0.6 is 12.4 Å². The van der Waals surface area contributed by atoms with Crippen molar-refractivity contribution in [3.63, 3.8) is 0 Å². The molecule has 8 heteroatoms. The van der Waals surface area contributed by atoms with Crippen LogP contribution in [0.1, 0.15) is 25.6 Å². The summed E-state index contributed by atoms with van der Waals surface area (Å²) in [6.45, 7) is 3.79. The van der Waals surface area contributed by atoms with Gasteiger partial charge < -0.3 is 10.3 Å². The molecule has 0 radical (unpaired) electrons. The lowest BCUT2D eigenvalue weighted by Crippen LogP contribution is -2.33. The van der Waals surface area contributed by atoms with Crippen molar-refractivity contribution in [2.75, 3.05) is 13.1 Å². The fourth-order valence-electron chi connectivity index (χ4n) is 2.97. The Labute approximate surface area is 125 Å². The maximum Gasteiger partial charge on any atom is 0.260 e. The first-order valence-corrected chi connectivity index (χ1v) is 8.24. The van der Waals surface area contributed by atoms with Crippen molar-refractivity contribution in [3.8, 4) is 0 Å². The summed E-state index contributed by atoms with van der Waals surface area (Å²) in [5.41, 5.74) is 5.87. The third kappa shape index (κ3) is 2.47. The Morgan fingerprint density at radius 2 is 2.20 bits per heavy atom. The van der Waals surface area contributed by atoms with Gasteiger partial charge >= 0.3 is 0 Å². The lowest BCUT2D eigenvalue weighted by molar-refractivity contribution is 0.425. The van der Waals surface area contributed by atoms with E-state index >= 15 is 0 Å². The highest BCUT2D eigenvalue weighted by atomic mass is 35.5. The van der Waals surface area contributed by atoms with E-state index in [2.05, 4.69) is 4.98 Å². The van der Waals surface area contributed by atoms with E-state index in [1.807, 2.05) is 11.5 Å². The highest BCUT2D eigenvalue weighted by Gasteiger charge is 2.36. The van der Waals surface area contributed by atoms with Gasteiger partial charge in [-0.2, -0.15) is 4.31 Å². The molecule has 6 nitrogen and oxygen atoms in total. The molecule has 2 N–H and O–H groups in total. The van der Waals surface area contributed by atoms with E-state index in [-0.39, 0.29) is 24.4 Å². The van der Waals surface area contributed by atoms with Crippen molar-refractivity contribution in [2.45, 2.75) is 43.8 Å². The number of rotatable bonds is 3. The molecule has 1 aromatic heterocycles. The number of nitrogens with two attached hydrogens (primary N) is 1. The summed E-state index contributed by atoms with van der Waals surface area (Å²) in [5.74, 6) is 1.15. The molecule has 0 aromatic carbocycles. The van der Waals surface area contributed by atoms with Gasteiger partial charge in [0.15, 0.2) is 5.03 Å². The molecule has 2 atom stereocenters. The summed E-state index contributed by atoms with van der Waals surface area (Å²) in [6, 6.07) is 0.0383. The van der Waals surface area contributed by atoms with E-state index in [1.54, 1.807) is 4.31 Å². The van der Waals surface area contributed by atoms with Gasteiger partial charge in [-0.25, -0.2) is 13.4 Å². The normalized spacial score (nSPS) is 24.4. The maximum atomic E-state index is 12.6. The van der Waals surface area contributed by atoms with E-state index in [9.17, 15) is 8.42 Å². The van der Waals surface area contributed by atoms with Crippen molar-refractivity contribution in [1.29, 1.82) is 0 Å². The van der Waals surface area contributed by atoms with Gasteiger partial charge in [0, 0.05) is 32.1 Å². The zero-order valence-electron chi connectivity index (χ0n) is 11.5. The molecule has 1 aromatic rings. The number of sulfonamides is 1. The van der Waals surface area contributed by atoms with E-state index < -0.39 is 10.0 Å². The summed E-state index contributed by atoms with van der Waals surface area (Å²) in [5, 5.41) is 0.352. The fraction of sp³-hybridized carbons (Fsp3) is 0.750. The Kier molecular flexibility index (Phi) is 4.44. The minimum absolute atomic E-state index is 0. The van der Waals surface area contributed by atoms with E-state index in [1.165, 1.54) is 6.20 Å². The number of aromatic nitrogens is 2. The van der Waals surface area contributed by atoms with Crippen molar-refractivity contribution in [2.24, 2.45) is 11.7 Å². The highest BCUT2D eigenvalue weighted by Crippen LogP contribution is 2.28. The van der Waals surface area contributed by atoms with Gasteiger partial charge in [-0.1, -0.05) is 0 Å². The van der Waals surface area contributed by atoms with E-state index in [0.29, 0.717) is 18.1 Å². The second-order valence-corrected chi connectivity index (χ2v) is 7.42. The van der Waals surface area contributed by atoms with Crippen LogP contribution in [0.4, 0.5) is 0 Å². The van der Waals surface area contributed by atoms with Crippen molar-refractivity contribution in [3.05, 3.63) is 12.0 Å². The Balaban J connectivity index is 0.00000147. The Morgan fingerprint density at radius 1 is 1.45 bits per heavy atom. The molecule has 2 aliphatic heterocycles. The molecule has 1 fully saturated rings. The predicted octanol–water partition coefficient (Wildman–Crippen LogP) is 0.609. The largest absolute Gasteiger partial charge is 0.328 e. The van der Waals surface area contributed by atoms with Gasteiger partial charge in [-0.05, 0) is 25.7 Å². The van der Waals surface area contributed by atoms with Crippen LogP contribution in [0.15, 0.2) is 11.2 Å². The lowest BCUT2D eigenvalue weighted by Gasteiger charge is -2.18. The van der Waals surface area contributed by atoms with E-state index in [4.69, 9.17) is 5.73 Å². The average Bonchev–Trinajstić information content (AvgIpc) is 3.04. The van der Waals surface area contributed by atoms with E-state index in [0.717, 1.165) is 31.6 Å². The molecule has 0 saturated carbocycles. The monoisotopic (exact) mass is 320 g/mol. The minimum atomic E-state index is -3.41. The molecular formula is C12H21ClN4O2S. The first-order valence-electron chi connectivity index (χ1n) is 6.80. The van der Waals surface area contributed by atoms with Gasteiger partial charge in [-0.3, -0.25) is 0 Å². The van der Waals surface area contributed by atoms with Gasteiger partial charge in [0.2, 0.25) is 0 Å². The van der Waals surface area contributed by atoms with Crippen LogP contribution in [0, 0.1) is 5.92 Å². The first-order chi connectivity index (χ1) is 9.00. The zero-order valence-corrected chi connectivity index (χ0v) is 13.2. The standard InChI is InChI=1S/C12H20N4O2S.ClH/c1-9(13)10-4-6-15(8-10)19(17,18)12-7-14-11-3-2-5-16(11)12;/h7,9-10H,2-6,8,13H2,1H3;1H. The zero-order chi connectivity index (χ0) is 13.6. The fourth-order valence-corrected chi connectivity index (χ4v) is 4.63. The quantitative estimate of drug-likeness (QED) is 0.884. The third-order valence-corrected chi connectivity index (χ3v) is 6.08. The third-order valence-electron chi connectivity index (χ3n) is 4.22. The van der Waals surface area contributed by atoms with Crippen LogP contribution in [-0.4, -0.2) is 41.4 Å². The molecule has 0 amide bonds. The topological polar surface area (TPSA) is 81.2 Å². The maximum absolute atomic E-state index is 12.6. The Hall–Kier alpha value is -0.630. The van der Waals surface area contributed by atoms with Gasteiger partial charge in [-0.15, -0.1) is 12.4 Å². The molecule has 20 heavy (non-hydrogen) atoms. The number of halogens is 1. The Morgan fingerprint density at radius 3 is 2.85 bits per heavy atom. The lowest BCUT2D eigenvalue weighted by atomic mass is 10.0. The van der Waals surface area contributed by atoms with Crippen molar-refractivity contribution < 1.29 is 8.42 Å². The number of imidazole rings is 1. The molecule has 3 rings (SSSR count). The van der Waals surface area contributed by atoms with Crippen LogP contribution in [0.3, 0.4) is 0 Å². The van der Waals surface area contributed by atoms with Gasteiger partial charge in [0.05, 0.1) is 6.20 Å². The second kappa shape index (κ2) is 5.63. The number of nitrogens with zero attached hydrogens (tertiary/aromatic N) is 3. The number of hydrogen-bond donors (Lipinski definition) is 1. The molecule has 114 valence electrons. The summed E-state index contributed by atoms with van der Waals surface area (Å²) in [7, 11) is -3.41. The first kappa shape index (κ1) is 15.8. The van der Waals surface area contributed by atoms with Crippen LogP contribution in [-0.2, 0) is 23.0 Å². The van der Waals surface area contributed by atoms with Gasteiger partial charge in [0.25, 0.3) is 10.0 Å². The van der Waals surface area contributed by atoms with Crippen LogP contribution in [0.25, 0.3) is 0 Å². The SMILES string of the molecule is CC(N)C1CCN(S(=O)(=O)c2cnc3n2CCC3)C1.Cl. The number of fused-ring (bicyclic) bond motifs is 1. The van der Waals surface area contributed by atoms with Crippen molar-refractivity contribution >= 4 is 22.4 Å². The Bertz CT molecular complexity index is 584. The molecule has 0 spiro atoms. The smallest absolute Gasteiger partial charge is 0.260 e. The predicted molar refractivity (Wildman–Crippen MR) is 78.3 cm³/mol. The van der Waals surface area contributed by atoms with Crippen LogP contribution < -0.4 is 5.73 Å². The molecule has 1 saturated heterocycles. The summed E-state index contributed by atoms with van der Waals surface area (Å²) in [4.78, 5) is 4.22.